The van der Waals surface area contributed by atoms with Crippen LogP contribution in [0.2, 0.25) is 0 Å². The Kier molecular flexibility index (Phi) is 3.71. The predicted octanol–water partition coefficient (Wildman–Crippen LogP) is 5.13. The highest BCUT2D eigenvalue weighted by Crippen LogP contribution is 2.79. The van der Waals surface area contributed by atoms with E-state index in [1.807, 2.05) is 0 Å². The van der Waals surface area contributed by atoms with Gasteiger partial charge >= 0.3 is 18.5 Å². The van der Waals surface area contributed by atoms with E-state index in [-0.39, 0.29) is 6.42 Å². The SMILES string of the molecule is OC(C(F)(F)F)(C(F)(F)F)C1(F)C2CC(C3C4CCC(C4)C32)C1(F)C(F)(F)F. The van der Waals surface area contributed by atoms with Crippen LogP contribution < -0.4 is 0 Å². The summed E-state index contributed by atoms with van der Waals surface area (Å²) in [5, 5.41) is 9.59. The van der Waals surface area contributed by atoms with Crippen molar-refractivity contribution in [3.8, 4) is 0 Å². The minimum absolute atomic E-state index is 0.225. The van der Waals surface area contributed by atoms with E-state index in [4.69, 9.17) is 0 Å². The summed E-state index contributed by atoms with van der Waals surface area (Å²) in [6.07, 6.45) is -20.3. The zero-order chi connectivity index (χ0) is 21.3. The van der Waals surface area contributed by atoms with Crippen LogP contribution in [-0.4, -0.2) is 40.6 Å². The lowest BCUT2D eigenvalue weighted by molar-refractivity contribution is -0.442. The molecule has 0 saturated heterocycles. The van der Waals surface area contributed by atoms with E-state index < -0.39 is 77.4 Å². The fraction of sp³-hybridized carbons (Fsp3) is 1.00. The number of rotatable bonds is 1. The van der Waals surface area contributed by atoms with Gasteiger partial charge in [-0.05, 0) is 49.4 Å². The van der Waals surface area contributed by atoms with Gasteiger partial charge < -0.3 is 5.11 Å². The zero-order valence-electron chi connectivity index (χ0n) is 13.9. The van der Waals surface area contributed by atoms with Crippen molar-refractivity contribution in [2.45, 2.75) is 61.2 Å². The van der Waals surface area contributed by atoms with Crippen molar-refractivity contribution in [3.05, 3.63) is 0 Å². The summed E-state index contributed by atoms with van der Waals surface area (Å²) < 4.78 is 152. The maximum Gasteiger partial charge on any atom is 0.429 e. The van der Waals surface area contributed by atoms with Gasteiger partial charge in [0.1, 0.15) is 0 Å². The average molecular weight is 432 g/mol. The molecule has 4 aliphatic rings. The van der Waals surface area contributed by atoms with E-state index in [0.717, 1.165) is 0 Å². The Labute approximate surface area is 151 Å². The van der Waals surface area contributed by atoms with Crippen molar-refractivity contribution in [2.75, 3.05) is 0 Å². The van der Waals surface area contributed by atoms with Gasteiger partial charge in [0.05, 0.1) is 0 Å². The number of alkyl halides is 11. The van der Waals surface area contributed by atoms with Gasteiger partial charge in [0, 0.05) is 11.8 Å². The van der Waals surface area contributed by atoms with E-state index in [1.54, 1.807) is 0 Å². The molecule has 0 aromatic heterocycles. The molecule has 4 saturated carbocycles. The second kappa shape index (κ2) is 5.08. The molecule has 0 aromatic rings. The molecule has 0 amide bonds. The highest BCUT2D eigenvalue weighted by atomic mass is 19.4. The zero-order valence-corrected chi connectivity index (χ0v) is 13.9. The van der Waals surface area contributed by atoms with Gasteiger partial charge in [-0.2, -0.15) is 39.5 Å². The first-order valence-corrected chi connectivity index (χ1v) is 8.75. The Balaban J connectivity index is 1.98. The van der Waals surface area contributed by atoms with E-state index >= 15 is 8.78 Å². The minimum Gasteiger partial charge on any atom is -0.371 e. The first kappa shape index (κ1) is 20.5. The summed E-state index contributed by atoms with van der Waals surface area (Å²) in [5.74, 6) is -8.35. The third-order valence-electron chi connectivity index (χ3n) is 7.79. The van der Waals surface area contributed by atoms with Crippen LogP contribution in [0.4, 0.5) is 48.3 Å². The number of hydrogen-bond acceptors (Lipinski definition) is 1. The molecule has 4 aliphatic carbocycles. The summed E-state index contributed by atoms with van der Waals surface area (Å²) in [6.45, 7) is 0. The van der Waals surface area contributed by atoms with Crippen LogP contribution in [-0.2, 0) is 0 Å². The molecule has 28 heavy (non-hydrogen) atoms. The topological polar surface area (TPSA) is 20.2 Å². The molecule has 4 rings (SSSR count). The largest absolute Gasteiger partial charge is 0.429 e. The third-order valence-corrected chi connectivity index (χ3v) is 7.79. The van der Waals surface area contributed by atoms with Gasteiger partial charge in [-0.3, -0.25) is 0 Å². The molecule has 0 radical (unpaired) electrons. The molecular weight excluding hydrogens is 417 g/mol. The Morgan fingerprint density at radius 2 is 1.04 bits per heavy atom. The number of fused-ring (bicyclic) bond motifs is 9. The van der Waals surface area contributed by atoms with Crippen LogP contribution in [0, 0.1) is 35.5 Å². The molecule has 4 bridgehead atoms. The van der Waals surface area contributed by atoms with E-state index in [9.17, 15) is 44.6 Å². The molecule has 8 atom stereocenters. The van der Waals surface area contributed by atoms with Gasteiger partial charge in [-0.25, -0.2) is 8.78 Å². The number of halogens is 11. The van der Waals surface area contributed by atoms with Crippen molar-refractivity contribution >= 4 is 0 Å². The lowest BCUT2D eigenvalue weighted by Crippen LogP contribution is -2.81. The number of aliphatic hydroxyl groups is 1. The first-order valence-electron chi connectivity index (χ1n) is 8.75. The van der Waals surface area contributed by atoms with Crippen LogP contribution in [0.15, 0.2) is 0 Å². The highest BCUT2D eigenvalue weighted by molar-refractivity contribution is 5.34. The normalized spacial score (nSPS) is 48.4. The molecule has 0 spiro atoms. The van der Waals surface area contributed by atoms with Crippen molar-refractivity contribution in [1.82, 2.24) is 0 Å². The summed E-state index contributed by atoms with van der Waals surface area (Å²) in [6, 6.07) is 0. The molecule has 0 aromatic carbocycles. The smallest absolute Gasteiger partial charge is 0.371 e. The summed E-state index contributed by atoms with van der Waals surface area (Å²) in [7, 11) is 0. The van der Waals surface area contributed by atoms with E-state index in [1.165, 1.54) is 0 Å². The van der Waals surface area contributed by atoms with Crippen LogP contribution in [0.5, 0.6) is 0 Å². The molecule has 12 heteroatoms. The monoisotopic (exact) mass is 432 g/mol. The maximum absolute atomic E-state index is 15.8. The molecule has 162 valence electrons. The molecule has 0 heterocycles. The van der Waals surface area contributed by atoms with Crippen LogP contribution in [0.25, 0.3) is 0 Å². The van der Waals surface area contributed by atoms with Gasteiger partial charge in [-0.15, -0.1) is 0 Å². The quantitative estimate of drug-likeness (QED) is 0.450. The van der Waals surface area contributed by atoms with Gasteiger partial charge in [0.25, 0.3) is 5.60 Å². The Morgan fingerprint density at radius 3 is 1.39 bits per heavy atom. The number of hydrogen-bond donors (Lipinski definition) is 1. The van der Waals surface area contributed by atoms with Crippen molar-refractivity contribution < 1.29 is 53.4 Å². The minimum atomic E-state index is -6.90. The predicted molar refractivity (Wildman–Crippen MR) is 70.2 cm³/mol. The molecule has 1 N–H and O–H groups in total. The third kappa shape index (κ3) is 1.85. The van der Waals surface area contributed by atoms with Gasteiger partial charge in [-0.1, -0.05) is 0 Å². The van der Waals surface area contributed by atoms with Gasteiger partial charge in [0.2, 0.25) is 11.3 Å². The fourth-order valence-electron chi connectivity index (χ4n) is 7.08. The van der Waals surface area contributed by atoms with Gasteiger partial charge in [0.15, 0.2) is 0 Å². The fourth-order valence-corrected chi connectivity index (χ4v) is 7.08. The molecule has 4 fully saturated rings. The molecular formula is C16H15F11O. The maximum atomic E-state index is 15.8. The lowest BCUT2D eigenvalue weighted by Gasteiger charge is -2.55. The van der Waals surface area contributed by atoms with Crippen LogP contribution in [0.3, 0.4) is 0 Å². The van der Waals surface area contributed by atoms with Crippen LogP contribution in [0.1, 0.15) is 25.7 Å². The van der Waals surface area contributed by atoms with Crippen molar-refractivity contribution in [3.63, 3.8) is 0 Å². The van der Waals surface area contributed by atoms with E-state index in [0.29, 0.717) is 12.8 Å². The van der Waals surface area contributed by atoms with Crippen LogP contribution >= 0.6 is 0 Å². The standard InChI is InChI=1S/C16H15F11O/c17-11(13(28,15(22,23)24)16(25,26)27)7-4-8(12(11,18)14(19,20)21)10-6-2-1-5(3-6)9(7)10/h5-10,28H,1-4H2. The average Bonchev–Trinajstić information content (AvgIpc) is 3.23. The van der Waals surface area contributed by atoms with E-state index in [2.05, 4.69) is 0 Å². The molecule has 8 unspecified atom stereocenters. The summed E-state index contributed by atoms with van der Waals surface area (Å²) >= 11 is 0. The highest BCUT2D eigenvalue weighted by Gasteiger charge is 2.97. The summed E-state index contributed by atoms with van der Waals surface area (Å²) in [5.41, 5.74) is -17.6. The molecule has 1 nitrogen and oxygen atoms in total. The Hall–Kier alpha value is -0.810. The Bertz CT molecular complexity index is 668. The lowest BCUT2D eigenvalue weighted by atomic mass is 9.55. The Morgan fingerprint density at radius 1 is 0.643 bits per heavy atom. The molecule has 0 aliphatic heterocycles. The summed E-state index contributed by atoms with van der Waals surface area (Å²) in [4.78, 5) is 0. The first-order chi connectivity index (χ1) is 12.4. The second-order valence-corrected chi connectivity index (χ2v) is 8.56. The van der Waals surface area contributed by atoms with Crippen molar-refractivity contribution in [1.29, 1.82) is 0 Å². The second-order valence-electron chi connectivity index (χ2n) is 8.56. The van der Waals surface area contributed by atoms with Crippen molar-refractivity contribution in [2.24, 2.45) is 35.5 Å².